The summed E-state index contributed by atoms with van der Waals surface area (Å²) in [6.07, 6.45) is 9.59. The Morgan fingerprint density at radius 2 is 2.00 bits per heavy atom. The van der Waals surface area contributed by atoms with Crippen molar-refractivity contribution < 1.29 is 4.79 Å². The third-order valence-electron chi connectivity index (χ3n) is 4.91. The standard InChI is InChI=1S/C20H32N4O/c1-21-19(25)18-12-7-11-17(14-18)15-24-20(22-2)23-13-6-5-10-16-8-3-4-9-16/h7,11-12,14,16H,3-6,8-10,13,15H2,1-2H3,(H,21,25)(H2,22,23,24). The molecule has 0 aromatic heterocycles. The molecule has 1 fully saturated rings. The third kappa shape index (κ3) is 6.77. The average molecular weight is 345 g/mol. The minimum Gasteiger partial charge on any atom is -0.356 e. The molecule has 1 aliphatic rings. The molecule has 0 aliphatic heterocycles. The molecule has 0 unspecified atom stereocenters. The number of guanidine groups is 1. The van der Waals surface area contributed by atoms with E-state index in [1.165, 1.54) is 44.9 Å². The van der Waals surface area contributed by atoms with Crippen molar-refractivity contribution in [3.63, 3.8) is 0 Å². The monoisotopic (exact) mass is 344 g/mol. The van der Waals surface area contributed by atoms with Gasteiger partial charge >= 0.3 is 0 Å². The molecule has 2 rings (SSSR count). The molecule has 1 aliphatic carbocycles. The van der Waals surface area contributed by atoms with Gasteiger partial charge in [-0.2, -0.15) is 0 Å². The highest BCUT2D eigenvalue weighted by molar-refractivity contribution is 5.94. The molecule has 0 radical (unpaired) electrons. The van der Waals surface area contributed by atoms with Crippen LogP contribution in [0.5, 0.6) is 0 Å². The first-order chi connectivity index (χ1) is 12.2. The number of carbonyl (C=O) groups excluding carboxylic acids is 1. The molecule has 1 aromatic rings. The lowest BCUT2D eigenvalue weighted by molar-refractivity contribution is 0.0963. The van der Waals surface area contributed by atoms with E-state index in [4.69, 9.17) is 0 Å². The fourth-order valence-electron chi connectivity index (χ4n) is 3.44. The van der Waals surface area contributed by atoms with E-state index in [0.29, 0.717) is 12.1 Å². The molecule has 1 amide bonds. The van der Waals surface area contributed by atoms with E-state index in [1.54, 1.807) is 14.1 Å². The number of aliphatic imine (C=N–C) groups is 1. The minimum atomic E-state index is -0.0633. The number of rotatable bonds is 8. The third-order valence-corrected chi connectivity index (χ3v) is 4.91. The molecule has 0 bridgehead atoms. The Morgan fingerprint density at radius 1 is 1.20 bits per heavy atom. The second-order valence-corrected chi connectivity index (χ2v) is 6.78. The van der Waals surface area contributed by atoms with Gasteiger partial charge in [0.15, 0.2) is 5.96 Å². The maximum Gasteiger partial charge on any atom is 0.251 e. The molecular formula is C20H32N4O. The second kappa shape index (κ2) is 10.7. The molecule has 1 saturated carbocycles. The van der Waals surface area contributed by atoms with Crippen LogP contribution in [0.3, 0.4) is 0 Å². The number of nitrogens with zero attached hydrogens (tertiary/aromatic N) is 1. The Kier molecular flexibility index (Phi) is 8.29. The molecule has 0 saturated heterocycles. The predicted molar refractivity (Wildman–Crippen MR) is 104 cm³/mol. The Hall–Kier alpha value is -2.04. The number of amides is 1. The minimum absolute atomic E-state index is 0.0633. The quantitative estimate of drug-likeness (QED) is 0.386. The second-order valence-electron chi connectivity index (χ2n) is 6.78. The molecular weight excluding hydrogens is 312 g/mol. The highest BCUT2D eigenvalue weighted by Crippen LogP contribution is 2.28. The topological polar surface area (TPSA) is 65.5 Å². The van der Waals surface area contributed by atoms with E-state index in [1.807, 2.05) is 24.3 Å². The van der Waals surface area contributed by atoms with Crippen LogP contribution in [0.2, 0.25) is 0 Å². The summed E-state index contributed by atoms with van der Waals surface area (Å²) in [5.41, 5.74) is 1.74. The number of unbranched alkanes of at least 4 members (excludes halogenated alkanes) is 1. The number of benzene rings is 1. The van der Waals surface area contributed by atoms with E-state index < -0.39 is 0 Å². The number of hydrogen-bond acceptors (Lipinski definition) is 2. The molecule has 5 heteroatoms. The summed E-state index contributed by atoms with van der Waals surface area (Å²) in [5, 5.41) is 9.33. The van der Waals surface area contributed by atoms with Gasteiger partial charge in [0, 0.05) is 32.7 Å². The van der Waals surface area contributed by atoms with E-state index in [-0.39, 0.29) is 5.91 Å². The Balaban J connectivity index is 1.66. The summed E-state index contributed by atoms with van der Waals surface area (Å²) in [4.78, 5) is 16.0. The smallest absolute Gasteiger partial charge is 0.251 e. The molecule has 25 heavy (non-hydrogen) atoms. The summed E-state index contributed by atoms with van der Waals surface area (Å²) < 4.78 is 0. The van der Waals surface area contributed by atoms with Crippen molar-refractivity contribution in [2.75, 3.05) is 20.6 Å². The van der Waals surface area contributed by atoms with Crippen LogP contribution >= 0.6 is 0 Å². The van der Waals surface area contributed by atoms with Crippen molar-refractivity contribution in [3.05, 3.63) is 35.4 Å². The first-order valence-electron chi connectivity index (χ1n) is 9.48. The zero-order valence-corrected chi connectivity index (χ0v) is 15.6. The lowest BCUT2D eigenvalue weighted by Gasteiger charge is -2.13. The fourth-order valence-corrected chi connectivity index (χ4v) is 3.44. The van der Waals surface area contributed by atoms with Gasteiger partial charge in [0.1, 0.15) is 0 Å². The van der Waals surface area contributed by atoms with Gasteiger partial charge in [-0.25, -0.2) is 0 Å². The van der Waals surface area contributed by atoms with Crippen molar-refractivity contribution in [1.82, 2.24) is 16.0 Å². The van der Waals surface area contributed by atoms with Crippen LogP contribution in [0.15, 0.2) is 29.3 Å². The van der Waals surface area contributed by atoms with Crippen LogP contribution in [0, 0.1) is 5.92 Å². The van der Waals surface area contributed by atoms with Crippen LogP contribution in [-0.2, 0) is 6.54 Å². The molecule has 5 nitrogen and oxygen atoms in total. The maximum absolute atomic E-state index is 11.7. The van der Waals surface area contributed by atoms with Gasteiger partial charge in [0.2, 0.25) is 0 Å². The van der Waals surface area contributed by atoms with Gasteiger partial charge in [0.25, 0.3) is 5.91 Å². The number of nitrogens with one attached hydrogen (secondary N) is 3. The van der Waals surface area contributed by atoms with Crippen LogP contribution < -0.4 is 16.0 Å². The van der Waals surface area contributed by atoms with Gasteiger partial charge in [-0.05, 0) is 30.0 Å². The first kappa shape index (κ1) is 19.3. The largest absolute Gasteiger partial charge is 0.356 e. The predicted octanol–water partition coefficient (Wildman–Crippen LogP) is 3.07. The highest BCUT2D eigenvalue weighted by atomic mass is 16.1. The summed E-state index contributed by atoms with van der Waals surface area (Å²) in [7, 11) is 3.43. The zero-order valence-electron chi connectivity index (χ0n) is 15.6. The lowest BCUT2D eigenvalue weighted by atomic mass is 10.0. The molecule has 0 spiro atoms. The highest BCUT2D eigenvalue weighted by Gasteiger charge is 2.13. The van der Waals surface area contributed by atoms with Gasteiger partial charge in [-0.15, -0.1) is 0 Å². The van der Waals surface area contributed by atoms with E-state index in [9.17, 15) is 4.79 Å². The van der Waals surface area contributed by atoms with Gasteiger partial charge in [-0.1, -0.05) is 50.7 Å². The van der Waals surface area contributed by atoms with Crippen molar-refractivity contribution >= 4 is 11.9 Å². The van der Waals surface area contributed by atoms with Gasteiger partial charge < -0.3 is 16.0 Å². The maximum atomic E-state index is 11.7. The summed E-state index contributed by atoms with van der Waals surface area (Å²) in [5.74, 6) is 1.72. The van der Waals surface area contributed by atoms with Gasteiger partial charge in [0.05, 0.1) is 0 Å². The SMILES string of the molecule is CN=C(NCCCCC1CCCC1)NCc1cccc(C(=O)NC)c1. The molecule has 0 heterocycles. The molecule has 3 N–H and O–H groups in total. The summed E-state index contributed by atoms with van der Waals surface area (Å²) in [6.45, 7) is 1.59. The van der Waals surface area contributed by atoms with Crippen molar-refractivity contribution in [3.8, 4) is 0 Å². The summed E-state index contributed by atoms with van der Waals surface area (Å²) in [6, 6.07) is 7.63. The van der Waals surface area contributed by atoms with E-state index in [0.717, 1.165) is 24.0 Å². The molecule has 138 valence electrons. The number of hydrogen-bond donors (Lipinski definition) is 3. The Morgan fingerprint density at radius 3 is 2.72 bits per heavy atom. The normalized spacial score (nSPS) is 15.2. The van der Waals surface area contributed by atoms with Crippen LogP contribution in [0.1, 0.15) is 60.9 Å². The zero-order chi connectivity index (χ0) is 17.9. The van der Waals surface area contributed by atoms with Crippen molar-refractivity contribution in [2.24, 2.45) is 10.9 Å². The Bertz CT molecular complexity index is 565. The van der Waals surface area contributed by atoms with Crippen LogP contribution in [-0.4, -0.2) is 32.5 Å². The van der Waals surface area contributed by atoms with E-state index >= 15 is 0 Å². The fraction of sp³-hybridized carbons (Fsp3) is 0.600. The van der Waals surface area contributed by atoms with Crippen molar-refractivity contribution in [2.45, 2.75) is 51.5 Å². The molecule has 1 aromatic carbocycles. The lowest BCUT2D eigenvalue weighted by Crippen LogP contribution is -2.37. The molecule has 0 atom stereocenters. The van der Waals surface area contributed by atoms with Crippen molar-refractivity contribution in [1.29, 1.82) is 0 Å². The van der Waals surface area contributed by atoms with Crippen LogP contribution in [0.25, 0.3) is 0 Å². The number of carbonyl (C=O) groups is 1. The Labute approximate surface area is 151 Å². The van der Waals surface area contributed by atoms with Gasteiger partial charge in [-0.3, -0.25) is 9.79 Å². The average Bonchev–Trinajstić information content (AvgIpc) is 3.17. The first-order valence-corrected chi connectivity index (χ1v) is 9.48. The summed E-state index contributed by atoms with van der Waals surface area (Å²) >= 11 is 0. The van der Waals surface area contributed by atoms with E-state index in [2.05, 4.69) is 20.9 Å². The van der Waals surface area contributed by atoms with Crippen LogP contribution in [0.4, 0.5) is 0 Å².